The Morgan fingerprint density at radius 2 is 1.82 bits per heavy atom. The Morgan fingerprint density at radius 3 is 2.50 bits per heavy atom. The van der Waals surface area contributed by atoms with E-state index in [4.69, 9.17) is 10.5 Å². The molecule has 10 heteroatoms. The van der Waals surface area contributed by atoms with Crippen LogP contribution in [0.25, 0.3) is 22.0 Å². The van der Waals surface area contributed by atoms with Gasteiger partial charge in [0, 0.05) is 22.4 Å². The van der Waals surface area contributed by atoms with E-state index in [1.54, 1.807) is 42.5 Å². The molecule has 174 valence electrons. The zero-order chi connectivity index (χ0) is 24.3. The summed E-state index contributed by atoms with van der Waals surface area (Å²) in [5, 5.41) is 8.90. The summed E-state index contributed by atoms with van der Waals surface area (Å²) in [6.07, 6.45) is 2.24. The molecule has 4 rings (SSSR count). The van der Waals surface area contributed by atoms with E-state index >= 15 is 0 Å². The number of rotatable bonds is 7. The highest BCUT2D eigenvalue weighted by molar-refractivity contribution is 7.86. The van der Waals surface area contributed by atoms with Gasteiger partial charge in [-0.05, 0) is 36.8 Å². The lowest BCUT2D eigenvalue weighted by molar-refractivity contribution is 0.317. The highest BCUT2D eigenvalue weighted by atomic mass is 32.2. The SMILES string of the molecule is CCCOc1cc(F)ccc1-c1ccc(/N=N/c2cc(S(=O)(=O)O)c3ccccc3c2N)cn1. The number of nitrogen functional groups attached to an aromatic ring is 1. The second kappa shape index (κ2) is 9.54. The summed E-state index contributed by atoms with van der Waals surface area (Å²) in [6, 6.07) is 15.3. The number of fused-ring (bicyclic) bond motifs is 1. The van der Waals surface area contributed by atoms with Crippen molar-refractivity contribution in [2.45, 2.75) is 18.2 Å². The molecule has 0 bridgehead atoms. The van der Waals surface area contributed by atoms with Crippen LogP contribution in [0.1, 0.15) is 13.3 Å². The number of hydrogen-bond acceptors (Lipinski definition) is 7. The Labute approximate surface area is 195 Å². The van der Waals surface area contributed by atoms with Gasteiger partial charge < -0.3 is 10.5 Å². The molecule has 1 aromatic heterocycles. The van der Waals surface area contributed by atoms with E-state index in [2.05, 4.69) is 15.2 Å². The third-order valence-corrected chi connectivity index (χ3v) is 5.90. The molecule has 3 aromatic carbocycles. The number of hydrogen-bond donors (Lipinski definition) is 2. The van der Waals surface area contributed by atoms with E-state index in [1.165, 1.54) is 24.4 Å². The molecule has 0 unspecified atom stereocenters. The number of halogens is 1. The third-order valence-electron chi connectivity index (χ3n) is 5.01. The summed E-state index contributed by atoms with van der Waals surface area (Å²) in [6.45, 7) is 2.40. The summed E-state index contributed by atoms with van der Waals surface area (Å²) in [5.74, 6) is -0.0112. The number of anilines is 1. The Bertz CT molecular complexity index is 1490. The van der Waals surface area contributed by atoms with Gasteiger partial charge in [0.15, 0.2) is 0 Å². The number of azo groups is 1. The van der Waals surface area contributed by atoms with Crippen molar-refractivity contribution < 1.29 is 22.1 Å². The smallest absolute Gasteiger partial charge is 0.295 e. The van der Waals surface area contributed by atoms with E-state index in [0.717, 1.165) is 6.42 Å². The lowest BCUT2D eigenvalue weighted by Crippen LogP contribution is -2.01. The van der Waals surface area contributed by atoms with Crippen LogP contribution in [-0.4, -0.2) is 24.6 Å². The van der Waals surface area contributed by atoms with Gasteiger partial charge in [0.2, 0.25) is 0 Å². The van der Waals surface area contributed by atoms with Crippen LogP contribution < -0.4 is 10.5 Å². The van der Waals surface area contributed by atoms with Gasteiger partial charge in [-0.15, -0.1) is 10.2 Å². The van der Waals surface area contributed by atoms with Crippen molar-refractivity contribution in [3.8, 4) is 17.0 Å². The molecule has 0 saturated heterocycles. The molecular formula is C24H21FN4O4S. The maximum absolute atomic E-state index is 13.7. The van der Waals surface area contributed by atoms with Crippen molar-refractivity contribution in [1.29, 1.82) is 0 Å². The molecule has 3 N–H and O–H groups in total. The molecule has 0 fully saturated rings. The molecule has 0 saturated carbocycles. The van der Waals surface area contributed by atoms with Crippen molar-refractivity contribution in [3.05, 3.63) is 72.7 Å². The van der Waals surface area contributed by atoms with E-state index in [9.17, 15) is 17.4 Å². The van der Waals surface area contributed by atoms with Crippen LogP contribution in [0.3, 0.4) is 0 Å². The average molecular weight is 481 g/mol. The molecule has 0 spiro atoms. The van der Waals surface area contributed by atoms with Gasteiger partial charge >= 0.3 is 0 Å². The summed E-state index contributed by atoms with van der Waals surface area (Å²) in [4.78, 5) is 4.06. The van der Waals surface area contributed by atoms with E-state index in [0.29, 0.717) is 34.7 Å². The van der Waals surface area contributed by atoms with Crippen LogP contribution in [0.2, 0.25) is 0 Å². The third kappa shape index (κ3) is 4.87. The Morgan fingerprint density at radius 1 is 1.06 bits per heavy atom. The topological polar surface area (TPSA) is 127 Å². The highest BCUT2D eigenvalue weighted by Gasteiger charge is 2.18. The van der Waals surface area contributed by atoms with Gasteiger partial charge in [0.25, 0.3) is 10.1 Å². The first-order chi connectivity index (χ1) is 16.3. The predicted octanol–water partition coefficient (Wildman–Crippen LogP) is 6.07. The first-order valence-corrected chi connectivity index (χ1v) is 11.8. The van der Waals surface area contributed by atoms with Crippen LogP contribution in [0.5, 0.6) is 5.75 Å². The monoisotopic (exact) mass is 480 g/mol. The minimum absolute atomic E-state index is 0.0872. The molecular weight excluding hydrogens is 459 g/mol. The summed E-state index contributed by atoms with van der Waals surface area (Å²) < 4.78 is 52.7. The summed E-state index contributed by atoms with van der Waals surface area (Å²) in [5.41, 5.74) is 8.05. The van der Waals surface area contributed by atoms with Crippen LogP contribution in [0.4, 0.5) is 21.5 Å². The molecule has 0 aliphatic carbocycles. The number of ether oxygens (including phenoxy) is 1. The minimum Gasteiger partial charge on any atom is -0.493 e. The molecule has 0 amide bonds. The normalized spacial score (nSPS) is 11.9. The fourth-order valence-electron chi connectivity index (χ4n) is 3.40. The van der Waals surface area contributed by atoms with Crippen molar-refractivity contribution in [2.75, 3.05) is 12.3 Å². The van der Waals surface area contributed by atoms with E-state index in [1.807, 2.05) is 6.92 Å². The fraction of sp³-hybridized carbons (Fsp3) is 0.125. The van der Waals surface area contributed by atoms with Gasteiger partial charge in [0.05, 0.1) is 24.2 Å². The molecule has 8 nitrogen and oxygen atoms in total. The summed E-state index contributed by atoms with van der Waals surface area (Å²) >= 11 is 0. The van der Waals surface area contributed by atoms with Gasteiger partial charge in [-0.2, -0.15) is 8.42 Å². The quantitative estimate of drug-likeness (QED) is 0.188. The fourth-order valence-corrected chi connectivity index (χ4v) is 4.12. The number of pyridine rings is 1. The van der Waals surface area contributed by atoms with Gasteiger partial charge in [-0.25, -0.2) is 4.39 Å². The number of nitrogens with zero attached hydrogens (tertiary/aromatic N) is 3. The Kier molecular flexibility index (Phi) is 6.53. The maximum atomic E-state index is 13.7. The average Bonchev–Trinajstić information content (AvgIpc) is 2.82. The molecule has 34 heavy (non-hydrogen) atoms. The van der Waals surface area contributed by atoms with Crippen LogP contribution in [0.15, 0.2) is 82.0 Å². The van der Waals surface area contributed by atoms with E-state index in [-0.39, 0.29) is 21.7 Å². The van der Waals surface area contributed by atoms with Crippen LogP contribution in [0, 0.1) is 5.82 Å². The molecule has 0 aliphatic heterocycles. The van der Waals surface area contributed by atoms with Crippen LogP contribution >= 0.6 is 0 Å². The minimum atomic E-state index is -4.51. The van der Waals surface area contributed by atoms with Crippen molar-refractivity contribution in [2.24, 2.45) is 10.2 Å². The molecule has 0 atom stereocenters. The second-order valence-electron chi connectivity index (χ2n) is 7.42. The zero-order valence-corrected chi connectivity index (χ0v) is 19.0. The first kappa shape index (κ1) is 23.3. The maximum Gasteiger partial charge on any atom is 0.295 e. The lowest BCUT2D eigenvalue weighted by Gasteiger charge is -2.11. The van der Waals surface area contributed by atoms with Crippen molar-refractivity contribution >= 4 is 38.0 Å². The number of benzene rings is 3. The number of nitrogens with two attached hydrogens (primary N) is 1. The molecule has 1 heterocycles. The van der Waals surface area contributed by atoms with Crippen LogP contribution in [-0.2, 0) is 10.1 Å². The molecule has 0 radical (unpaired) electrons. The summed E-state index contributed by atoms with van der Waals surface area (Å²) in [7, 11) is -4.51. The number of aromatic nitrogens is 1. The Balaban J connectivity index is 1.67. The standard InChI is InChI=1S/C24H21FN4O4S/c1-2-11-33-22-12-15(25)7-9-19(22)20-10-8-16(14-27-20)28-29-21-13-23(34(30,31)32)17-5-3-4-6-18(17)24(21)26/h3-10,12-14H,2,11,26H2,1H3,(H,30,31,32)/b29-28+. The van der Waals surface area contributed by atoms with E-state index < -0.39 is 15.9 Å². The largest absolute Gasteiger partial charge is 0.493 e. The zero-order valence-electron chi connectivity index (χ0n) is 18.1. The van der Waals surface area contributed by atoms with Gasteiger partial charge in [0.1, 0.15) is 27.8 Å². The lowest BCUT2D eigenvalue weighted by atomic mass is 10.1. The highest BCUT2D eigenvalue weighted by Crippen LogP contribution is 2.37. The second-order valence-corrected chi connectivity index (χ2v) is 8.81. The molecule has 4 aromatic rings. The Hall–Kier alpha value is -3.89. The van der Waals surface area contributed by atoms with Gasteiger partial charge in [-0.3, -0.25) is 9.54 Å². The predicted molar refractivity (Wildman–Crippen MR) is 128 cm³/mol. The van der Waals surface area contributed by atoms with Crippen molar-refractivity contribution in [3.63, 3.8) is 0 Å². The molecule has 0 aliphatic rings. The first-order valence-electron chi connectivity index (χ1n) is 10.4. The van der Waals surface area contributed by atoms with Gasteiger partial charge in [-0.1, -0.05) is 31.2 Å². The van der Waals surface area contributed by atoms with Crippen molar-refractivity contribution in [1.82, 2.24) is 4.98 Å².